The highest BCUT2D eigenvalue weighted by Crippen LogP contribution is 2.29. The van der Waals surface area contributed by atoms with Crippen LogP contribution < -0.4 is 5.32 Å². The van der Waals surface area contributed by atoms with Gasteiger partial charge in [0.25, 0.3) is 5.91 Å². The standard InChI is InChI=1S/C15H16BrClN2O/c16-12-7-5-6-11(13(12)17)14(20)19-15(10-18)8-3-1-2-4-9-15/h5-7H,1-4,8-9H2,(H,19,20). The van der Waals surface area contributed by atoms with Gasteiger partial charge in [-0.2, -0.15) is 5.26 Å². The first kappa shape index (κ1) is 15.3. The molecule has 0 heterocycles. The Labute approximate surface area is 132 Å². The van der Waals surface area contributed by atoms with Gasteiger partial charge in [0.2, 0.25) is 0 Å². The third kappa shape index (κ3) is 3.34. The average Bonchev–Trinajstić information content (AvgIpc) is 2.68. The van der Waals surface area contributed by atoms with Crippen LogP contribution >= 0.6 is 27.5 Å². The lowest BCUT2D eigenvalue weighted by Gasteiger charge is -2.26. The Morgan fingerprint density at radius 3 is 2.55 bits per heavy atom. The smallest absolute Gasteiger partial charge is 0.254 e. The second-order valence-corrected chi connectivity index (χ2v) is 6.40. The molecule has 1 aliphatic carbocycles. The summed E-state index contributed by atoms with van der Waals surface area (Å²) in [5.74, 6) is -0.278. The summed E-state index contributed by atoms with van der Waals surface area (Å²) in [7, 11) is 0. The molecule has 0 aliphatic heterocycles. The highest BCUT2D eigenvalue weighted by atomic mass is 79.9. The minimum absolute atomic E-state index is 0.278. The number of amides is 1. The number of carbonyl (C=O) groups excluding carboxylic acids is 1. The van der Waals surface area contributed by atoms with Crippen molar-refractivity contribution in [2.75, 3.05) is 0 Å². The second-order valence-electron chi connectivity index (χ2n) is 5.16. The van der Waals surface area contributed by atoms with Crippen LogP contribution in [-0.4, -0.2) is 11.4 Å². The van der Waals surface area contributed by atoms with Crippen LogP contribution in [0.15, 0.2) is 22.7 Å². The number of benzene rings is 1. The van der Waals surface area contributed by atoms with Crippen molar-refractivity contribution in [1.82, 2.24) is 5.32 Å². The minimum atomic E-state index is -0.751. The third-order valence-corrected chi connectivity index (χ3v) is 5.02. The molecule has 5 heteroatoms. The third-order valence-electron chi connectivity index (χ3n) is 3.72. The van der Waals surface area contributed by atoms with E-state index in [0.29, 0.717) is 27.9 Å². The molecule has 0 radical (unpaired) electrons. The van der Waals surface area contributed by atoms with E-state index in [1.165, 1.54) is 0 Å². The Balaban J connectivity index is 2.21. The molecule has 0 saturated heterocycles. The highest BCUT2D eigenvalue weighted by Gasteiger charge is 2.33. The van der Waals surface area contributed by atoms with Crippen molar-refractivity contribution in [2.24, 2.45) is 0 Å². The monoisotopic (exact) mass is 354 g/mol. The molecule has 2 rings (SSSR count). The Morgan fingerprint density at radius 1 is 1.30 bits per heavy atom. The Morgan fingerprint density at radius 2 is 1.95 bits per heavy atom. The average molecular weight is 356 g/mol. The van der Waals surface area contributed by atoms with E-state index in [9.17, 15) is 10.1 Å². The van der Waals surface area contributed by atoms with Crippen molar-refractivity contribution in [1.29, 1.82) is 5.26 Å². The predicted molar refractivity (Wildman–Crippen MR) is 82.7 cm³/mol. The fourth-order valence-corrected chi connectivity index (χ4v) is 3.14. The van der Waals surface area contributed by atoms with Crippen LogP contribution in [0.5, 0.6) is 0 Å². The van der Waals surface area contributed by atoms with Gasteiger partial charge in [0.15, 0.2) is 0 Å². The maximum absolute atomic E-state index is 12.4. The molecule has 1 N–H and O–H groups in total. The number of carbonyl (C=O) groups is 1. The zero-order valence-electron chi connectivity index (χ0n) is 11.1. The number of rotatable bonds is 2. The van der Waals surface area contributed by atoms with Gasteiger partial charge in [-0.25, -0.2) is 0 Å². The predicted octanol–water partition coefficient (Wildman–Crippen LogP) is 4.45. The summed E-state index contributed by atoms with van der Waals surface area (Å²) in [5, 5.41) is 12.8. The van der Waals surface area contributed by atoms with Crippen LogP contribution in [0.4, 0.5) is 0 Å². The summed E-state index contributed by atoms with van der Waals surface area (Å²) in [6.07, 6.45) is 5.61. The molecule has 1 aromatic rings. The zero-order chi connectivity index (χ0) is 14.6. The van der Waals surface area contributed by atoms with E-state index in [0.717, 1.165) is 25.7 Å². The first-order chi connectivity index (χ1) is 9.58. The molecular formula is C15H16BrClN2O. The summed E-state index contributed by atoms with van der Waals surface area (Å²) >= 11 is 9.44. The first-order valence-corrected chi connectivity index (χ1v) is 7.93. The summed E-state index contributed by atoms with van der Waals surface area (Å²) in [6, 6.07) is 7.52. The Bertz CT molecular complexity index is 545. The highest BCUT2D eigenvalue weighted by molar-refractivity contribution is 9.10. The normalized spacial score (nSPS) is 17.9. The van der Waals surface area contributed by atoms with E-state index in [-0.39, 0.29) is 5.91 Å². The van der Waals surface area contributed by atoms with Crippen LogP contribution in [0, 0.1) is 11.3 Å². The van der Waals surface area contributed by atoms with Gasteiger partial charge in [0.1, 0.15) is 5.54 Å². The van der Waals surface area contributed by atoms with Crippen LogP contribution in [0.25, 0.3) is 0 Å². The van der Waals surface area contributed by atoms with Gasteiger partial charge in [-0.05, 0) is 40.9 Å². The lowest BCUT2D eigenvalue weighted by Crippen LogP contribution is -2.47. The van der Waals surface area contributed by atoms with E-state index in [1.54, 1.807) is 18.2 Å². The fourth-order valence-electron chi connectivity index (χ4n) is 2.56. The van der Waals surface area contributed by atoms with Crippen molar-refractivity contribution in [2.45, 2.75) is 44.1 Å². The lowest BCUT2D eigenvalue weighted by atomic mass is 9.91. The molecule has 3 nitrogen and oxygen atoms in total. The maximum atomic E-state index is 12.4. The molecular weight excluding hydrogens is 340 g/mol. The lowest BCUT2D eigenvalue weighted by molar-refractivity contribution is 0.0913. The SMILES string of the molecule is N#CC1(NC(=O)c2cccc(Br)c2Cl)CCCCCC1. The number of hydrogen-bond acceptors (Lipinski definition) is 2. The molecule has 0 bridgehead atoms. The number of hydrogen-bond donors (Lipinski definition) is 1. The van der Waals surface area contributed by atoms with Crippen LogP contribution in [-0.2, 0) is 0 Å². The van der Waals surface area contributed by atoms with Crippen molar-refractivity contribution < 1.29 is 4.79 Å². The van der Waals surface area contributed by atoms with E-state index in [1.807, 2.05) is 0 Å². The molecule has 1 fully saturated rings. The molecule has 106 valence electrons. The summed E-state index contributed by atoms with van der Waals surface area (Å²) in [6.45, 7) is 0. The summed E-state index contributed by atoms with van der Waals surface area (Å²) < 4.78 is 0.679. The van der Waals surface area contributed by atoms with Gasteiger partial charge in [0.05, 0.1) is 16.7 Å². The van der Waals surface area contributed by atoms with Gasteiger partial charge in [0, 0.05) is 4.47 Å². The number of nitriles is 1. The van der Waals surface area contributed by atoms with E-state index in [4.69, 9.17) is 11.6 Å². The van der Waals surface area contributed by atoms with E-state index in [2.05, 4.69) is 27.3 Å². The molecule has 20 heavy (non-hydrogen) atoms. The Kier molecular flexibility index (Phi) is 5.06. The molecule has 1 saturated carbocycles. The van der Waals surface area contributed by atoms with Crippen molar-refractivity contribution in [3.63, 3.8) is 0 Å². The van der Waals surface area contributed by atoms with Gasteiger partial charge < -0.3 is 5.32 Å². The van der Waals surface area contributed by atoms with Gasteiger partial charge in [-0.15, -0.1) is 0 Å². The topological polar surface area (TPSA) is 52.9 Å². The Hall–Kier alpha value is -1.05. The van der Waals surface area contributed by atoms with Gasteiger partial charge in [-0.3, -0.25) is 4.79 Å². The summed E-state index contributed by atoms with van der Waals surface area (Å²) in [5.41, 5.74) is -0.348. The molecule has 1 amide bonds. The maximum Gasteiger partial charge on any atom is 0.254 e. The molecule has 0 spiro atoms. The number of nitrogens with zero attached hydrogens (tertiary/aromatic N) is 1. The van der Waals surface area contributed by atoms with Crippen molar-refractivity contribution in [3.8, 4) is 6.07 Å². The van der Waals surface area contributed by atoms with Crippen molar-refractivity contribution >= 4 is 33.4 Å². The van der Waals surface area contributed by atoms with Gasteiger partial charge in [-0.1, -0.05) is 43.4 Å². The minimum Gasteiger partial charge on any atom is -0.334 e. The van der Waals surface area contributed by atoms with Gasteiger partial charge >= 0.3 is 0 Å². The zero-order valence-corrected chi connectivity index (χ0v) is 13.4. The van der Waals surface area contributed by atoms with Crippen LogP contribution in [0.2, 0.25) is 5.02 Å². The summed E-state index contributed by atoms with van der Waals surface area (Å²) in [4.78, 5) is 12.4. The number of nitrogens with one attached hydrogen (secondary N) is 1. The van der Waals surface area contributed by atoms with Crippen LogP contribution in [0.1, 0.15) is 48.9 Å². The fraction of sp³-hybridized carbons (Fsp3) is 0.467. The first-order valence-electron chi connectivity index (χ1n) is 6.76. The largest absolute Gasteiger partial charge is 0.334 e. The van der Waals surface area contributed by atoms with Crippen molar-refractivity contribution in [3.05, 3.63) is 33.3 Å². The van der Waals surface area contributed by atoms with E-state index < -0.39 is 5.54 Å². The molecule has 1 aromatic carbocycles. The second kappa shape index (κ2) is 6.60. The van der Waals surface area contributed by atoms with E-state index >= 15 is 0 Å². The molecule has 1 aliphatic rings. The van der Waals surface area contributed by atoms with Crippen LogP contribution in [0.3, 0.4) is 0 Å². The molecule has 0 aromatic heterocycles. The molecule has 0 atom stereocenters. The number of halogens is 2. The molecule has 0 unspecified atom stereocenters. The quantitative estimate of drug-likeness (QED) is 0.797.